The van der Waals surface area contributed by atoms with Gasteiger partial charge in [0.2, 0.25) is 0 Å². The number of hydrogen-bond donors (Lipinski definition) is 2. The maximum absolute atomic E-state index is 10.00. The Morgan fingerprint density at radius 2 is 1.26 bits per heavy atom. The average molecular weight is 267 g/mol. The van der Waals surface area contributed by atoms with Crippen LogP contribution >= 0.6 is 0 Å². The molecule has 2 atom stereocenters. The fourth-order valence-corrected chi connectivity index (χ4v) is 1.65. The normalized spacial score (nSPS) is 14.7. The summed E-state index contributed by atoms with van der Waals surface area (Å²) in [4.78, 5) is 5.48. The minimum Gasteiger partial charge on any atom is -0.377 e. The van der Waals surface area contributed by atoms with Gasteiger partial charge >= 0.3 is 0 Å². The molecule has 5 nitrogen and oxygen atoms in total. The summed E-state index contributed by atoms with van der Waals surface area (Å²) in [7, 11) is 7.32. The molecule has 108 valence electrons. The Bertz CT molecular complexity index is 341. The van der Waals surface area contributed by atoms with Crippen molar-refractivity contribution in [2.45, 2.75) is 12.5 Å². The van der Waals surface area contributed by atoms with Crippen LogP contribution in [-0.4, -0.2) is 73.7 Å². The fraction of sp³-hybridized carbons (Fsp3) is 0.571. The molecule has 0 aromatic heterocycles. The number of benzene rings is 1. The quantitative estimate of drug-likeness (QED) is 0.694. The van der Waals surface area contributed by atoms with Crippen molar-refractivity contribution >= 4 is 5.69 Å². The minimum atomic E-state index is -0.574. The second kappa shape index (κ2) is 7.45. The maximum atomic E-state index is 10.00. The summed E-state index contributed by atoms with van der Waals surface area (Å²) in [6.45, 7) is 0.893. The highest BCUT2D eigenvalue weighted by Crippen LogP contribution is 2.15. The van der Waals surface area contributed by atoms with Crippen LogP contribution in [-0.2, 0) is 0 Å². The summed E-state index contributed by atoms with van der Waals surface area (Å²) in [6.07, 6.45) is -1.15. The van der Waals surface area contributed by atoms with Crippen LogP contribution in [0.5, 0.6) is 0 Å². The highest BCUT2D eigenvalue weighted by molar-refractivity contribution is 5.46. The van der Waals surface area contributed by atoms with Gasteiger partial charge in [0.1, 0.15) is 12.5 Å². The molecule has 0 heterocycles. The molecule has 0 fully saturated rings. The van der Waals surface area contributed by atoms with E-state index in [0.29, 0.717) is 13.1 Å². The van der Waals surface area contributed by atoms with Crippen LogP contribution in [0.15, 0.2) is 30.3 Å². The largest absolute Gasteiger partial charge is 0.377 e. The van der Waals surface area contributed by atoms with Crippen LogP contribution in [0.4, 0.5) is 5.69 Å². The van der Waals surface area contributed by atoms with Gasteiger partial charge in [0, 0.05) is 5.69 Å². The van der Waals surface area contributed by atoms with E-state index in [1.807, 2.05) is 63.4 Å². The first-order valence-electron chi connectivity index (χ1n) is 6.40. The lowest BCUT2D eigenvalue weighted by Gasteiger charge is -2.33. The number of aliphatic hydroxyl groups excluding tert-OH is 2. The molecular weight excluding hydrogens is 242 g/mol. The molecule has 0 aliphatic rings. The molecule has 1 aromatic rings. The first-order chi connectivity index (χ1) is 8.91. The molecule has 0 amide bonds. The molecule has 0 aliphatic heterocycles. The second-order valence-electron chi connectivity index (χ2n) is 5.13. The first-order valence-corrected chi connectivity index (χ1v) is 6.40. The summed E-state index contributed by atoms with van der Waals surface area (Å²) >= 11 is 0. The third-order valence-electron chi connectivity index (χ3n) is 3.08. The van der Waals surface area contributed by atoms with Gasteiger partial charge in [-0.2, -0.15) is 0 Å². The average Bonchev–Trinajstić information content (AvgIpc) is 2.38. The van der Waals surface area contributed by atoms with Gasteiger partial charge in [0.05, 0.1) is 13.1 Å². The topological polar surface area (TPSA) is 50.2 Å². The van der Waals surface area contributed by atoms with Gasteiger partial charge in [-0.05, 0) is 40.3 Å². The summed E-state index contributed by atoms with van der Waals surface area (Å²) < 4.78 is 0. The van der Waals surface area contributed by atoms with Gasteiger partial charge in [0.25, 0.3) is 0 Å². The molecule has 0 saturated heterocycles. The highest BCUT2D eigenvalue weighted by atomic mass is 16.3. The molecule has 19 heavy (non-hydrogen) atoms. The monoisotopic (exact) mass is 267 g/mol. The molecule has 0 spiro atoms. The summed E-state index contributed by atoms with van der Waals surface area (Å²) in [5.74, 6) is 0. The van der Waals surface area contributed by atoms with Crippen molar-refractivity contribution in [1.82, 2.24) is 9.80 Å². The number of aliphatic hydroxyl groups is 2. The van der Waals surface area contributed by atoms with Gasteiger partial charge in [-0.25, -0.2) is 0 Å². The number of nitrogens with zero attached hydrogens (tertiary/aromatic N) is 3. The Kier molecular flexibility index (Phi) is 6.24. The van der Waals surface area contributed by atoms with Crippen LogP contribution in [0.3, 0.4) is 0 Å². The zero-order valence-electron chi connectivity index (χ0n) is 12.2. The Balaban J connectivity index is 2.79. The molecule has 0 aliphatic carbocycles. The van der Waals surface area contributed by atoms with E-state index in [-0.39, 0.29) is 0 Å². The van der Waals surface area contributed by atoms with Crippen molar-refractivity contribution < 1.29 is 10.2 Å². The summed E-state index contributed by atoms with van der Waals surface area (Å²) in [6, 6.07) is 9.81. The number of rotatable bonds is 7. The van der Waals surface area contributed by atoms with Gasteiger partial charge in [0.15, 0.2) is 0 Å². The van der Waals surface area contributed by atoms with Gasteiger partial charge in [-0.15, -0.1) is 0 Å². The molecule has 2 unspecified atom stereocenters. The van der Waals surface area contributed by atoms with Gasteiger partial charge in [-0.3, -0.25) is 9.80 Å². The lowest BCUT2D eigenvalue weighted by atomic mass is 10.2. The van der Waals surface area contributed by atoms with Gasteiger partial charge < -0.3 is 15.1 Å². The van der Waals surface area contributed by atoms with Crippen molar-refractivity contribution in [2.75, 3.05) is 46.2 Å². The number of anilines is 1. The fourth-order valence-electron chi connectivity index (χ4n) is 1.65. The molecule has 0 bridgehead atoms. The lowest BCUT2D eigenvalue weighted by Crippen LogP contribution is -2.46. The molecule has 1 aromatic carbocycles. The van der Waals surface area contributed by atoms with Crippen molar-refractivity contribution in [1.29, 1.82) is 0 Å². The Labute approximate surface area is 115 Å². The van der Waals surface area contributed by atoms with E-state index < -0.39 is 12.5 Å². The second-order valence-corrected chi connectivity index (χ2v) is 5.13. The summed E-state index contributed by atoms with van der Waals surface area (Å²) in [5.41, 5.74) is 0.990. The van der Waals surface area contributed by atoms with E-state index in [1.54, 1.807) is 9.80 Å². The Morgan fingerprint density at radius 1 is 0.842 bits per heavy atom. The molecule has 1 rings (SSSR count). The number of likely N-dealkylation sites (N-methyl/N-ethyl adjacent to an activating group) is 2. The van der Waals surface area contributed by atoms with E-state index in [4.69, 9.17) is 0 Å². The van der Waals surface area contributed by atoms with E-state index in [2.05, 4.69) is 0 Å². The van der Waals surface area contributed by atoms with Crippen LogP contribution in [0.25, 0.3) is 0 Å². The zero-order chi connectivity index (χ0) is 14.4. The maximum Gasteiger partial charge on any atom is 0.124 e. The molecule has 2 N–H and O–H groups in total. The van der Waals surface area contributed by atoms with Crippen LogP contribution in [0, 0.1) is 0 Å². The van der Waals surface area contributed by atoms with Crippen LogP contribution < -0.4 is 4.90 Å². The van der Waals surface area contributed by atoms with E-state index in [9.17, 15) is 10.2 Å². The SMILES string of the molecule is CN(C)C(O)CN(CC(O)N(C)C)c1ccccc1. The molecule has 0 saturated carbocycles. The van der Waals surface area contributed by atoms with Crippen molar-refractivity contribution in [3.8, 4) is 0 Å². The van der Waals surface area contributed by atoms with E-state index >= 15 is 0 Å². The van der Waals surface area contributed by atoms with Crippen molar-refractivity contribution in [3.05, 3.63) is 30.3 Å². The number of hydrogen-bond acceptors (Lipinski definition) is 5. The Hall–Kier alpha value is -1.14. The zero-order valence-corrected chi connectivity index (χ0v) is 12.2. The van der Waals surface area contributed by atoms with Crippen molar-refractivity contribution in [2.24, 2.45) is 0 Å². The van der Waals surface area contributed by atoms with Crippen LogP contribution in [0.1, 0.15) is 0 Å². The molecule has 5 heteroatoms. The Morgan fingerprint density at radius 3 is 1.63 bits per heavy atom. The lowest BCUT2D eigenvalue weighted by molar-refractivity contribution is 0.0290. The van der Waals surface area contributed by atoms with Crippen molar-refractivity contribution in [3.63, 3.8) is 0 Å². The van der Waals surface area contributed by atoms with E-state index in [1.165, 1.54) is 0 Å². The molecular formula is C14H25N3O2. The minimum absolute atomic E-state index is 0.446. The van der Waals surface area contributed by atoms with E-state index in [0.717, 1.165) is 5.69 Å². The number of para-hydroxylation sites is 1. The predicted octanol–water partition coefficient (Wildman–Crippen LogP) is 0.253. The predicted molar refractivity (Wildman–Crippen MR) is 78.0 cm³/mol. The smallest absolute Gasteiger partial charge is 0.124 e. The van der Waals surface area contributed by atoms with Crippen LogP contribution in [0.2, 0.25) is 0 Å². The standard InChI is InChI=1S/C14H25N3O2/c1-15(2)13(18)10-17(11-14(19)16(3)4)12-8-6-5-7-9-12/h5-9,13-14,18-19H,10-11H2,1-4H3. The molecule has 0 radical (unpaired) electrons. The summed E-state index contributed by atoms with van der Waals surface area (Å²) in [5, 5.41) is 20.0. The highest BCUT2D eigenvalue weighted by Gasteiger charge is 2.18. The third kappa shape index (κ3) is 5.16. The van der Waals surface area contributed by atoms with Gasteiger partial charge in [-0.1, -0.05) is 18.2 Å². The third-order valence-corrected chi connectivity index (χ3v) is 3.08. The first kappa shape index (κ1) is 15.9.